The molecule has 0 amide bonds. The normalized spacial score (nSPS) is 9.90. The number of rotatable bonds is 3. The number of halogens is 3. The Hall–Kier alpha value is -2.09. The van der Waals surface area contributed by atoms with E-state index < -0.39 is 11.6 Å². The van der Waals surface area contributed by atoms with Crippen LogP contribution in [0.4, 0.5) is 8.78 Å². The number of benzene rings is 2. The quantitative estimate of drug-likeness (QED) is 0.881. The van der Waals surface area contributed by atoms with Crippen molar-refractivity contribution >= 4 is 11.6 Å². The second-order valence-corrected chi connectivity index (χ2v) is 4.58. The van der Waals surface area contributed by atoms with Crippen LogP contribution in [0.1, 0.15) is 11.1 Å². The van der Waals surface area contributed by atoms with Crippen molar-refractivity contribution in [2.45, 2.75) is 6.61 Å². The monoisotopic (exact) mass is 307 g/mol. The molecule has 21 heavy (non-hydrogen) atoms. The van der Waals surface area contributed by atoms with Crippen molar-refractivity contribution in [1.29, 1.82) is 0 Å². The molecule has 0 aliphatic heterocycles. The lowest BCUT2D eigenvalue weighted by molar-refractivity contribution is 0.303. The van der Waals surface area contributed by atoms with Gasteiger partial charge in [0.05, 0.1) is 12.1 Å². The highest BCUT2D eigenvalue weighted by Crippen LogP contribution is 2.23. The van der Waals surface area contributed by atoms with E-state index in [1.165, 1.54) is 36.4 Å². The van der Waals surface area contributed by atoms with E-state index in [0.29, 0.717) is 16.1 Å². The molecule has 0 fully saturated rings. The van der Waals surface area contributed by atoms with Gasteiger partial charge in [-0.3, -0.25) is 0 Å². The second-order valence-electron chi connectivity index (χ2n) is 4.17. The lowest BCUT2D eigenvalue weighted by atomic mass is 10.2. The summed E-state index contributed by atoms with van der Waals surface area (Å²) in [4.78, 5) is 0. The first kappa shape index (κ1) is 15.3. The zero-order valence-electron chi connectivity index (χ0n) is 11.0. The van der Waals surface area contributed by atoms with Gasteiger partial charge in [-0.25, -0.2) is 8.78 Å². The van der Waals surface area contributed by atoms with Crippen molar-refractivity contribution in [3.63, 3.8) is 0 Å². The molecular formula is C16H12ClF2NO. The molecule has 0 aliphatic rings. The van der Waals surface area contributed by atoms with Gasteiger partial charge in [0.1, 0.15) is 24.0 Å². The van der Waals surface area contributed by atoms with Crippen molar-refractivity contribution in [1.82, 2.24) is 0 Å². The third kappa shape index (κ3) is 4.19. The van der Waals surface area contributed by atoms with Gasteiger partial charge < -0.3 is 10.5 Å². The highest BCUT2D eigenvalue weighted by molar-refractivity contribution is 6.31. The molecule has 2 N–H and O–H groups in total. The first-order valence-corrected chi connectivity index (χ1v) is 6.53. The maximum absolute atomic E-state index is 13.3. The summed E-state index contributed by atoms with van der Waals surface area (Å²) in [5.74, 6) is 4.85. The Kier molecular flexibility index (Phi) is 5.15. The van der Waals surface area contributed by atoms with Crippen LogP contribution >= 0.6 is 11.6 Å². The maximum Gasteiger partial charge on any atom is 0.138 e. The SMILES string of the molecule is NCC#Cc1ccc(F)cc1OCc1cc(F)ccc1Cl. The van der Waals surface area contributed by atoms with Crippen molar-refractivity contribution in [2.24, 2.45) is 5.73 Å². The molecule has 5 heteroatoms. The molecule has 2 rings (SSSR count). The van der Waals surface area contributed by atoms with E-state index in [1.54, 1.807) is 0 Å². The van der Waals surface area contributed by atoms with Gasteiger partial charge >= 0.3 is 0 Å². The average Bonchev–Trinajstić information content (AvgIpc) is 2.47. The fourth-order valence-corrected chi connectivity index (χ4v) is 1.85. The highest BCUT2D eigenvalue weighted by Gasteiger charge is 2.07. The van der Waals surface area contributed by atoms with Crippen LogP contribution in [0.15, 0.2) is 36.4 Å². The summed E-state index contributed by atoms with van der Waals surface area (Å²) in [7, 11) is 0. The van der Waals surface area contributed by atoms with E-state index in [-0.39, 0.29) is 18.9 Å². The van der Waals surface area contributed by atoms with Crippen molar-refractivity contribution in [3.8, 4) is 17.6 Å². The third-order valence-corrected chi connectivity index (χ3v) is 3.03. The molecule has 108 valence electrons. The molecule has 0 unspecified atom stereocenters. The molecule has 0 radical (unpaired) electrons. The first-order chi connectivity index (χ1) is 10.1. The fraction of sp³-hybridized carbons (Fsp3) is 0.125. The van der Waals surface area contributed by atoms with Gasteiger partial charge in [0.25, 0.3) is 0 Å². The Morgan fingerprint density at radius 2 is 1.81 bits per heavy atom. The van der Waals surface area contributed by atoms with Crippen LogP contribution in [0.25, 0.3) is 0 Å². The van der Waals surface area contributed by atoms with Crippen LogP contribution in [-0.4, -0.2) is 6.54 Å². The topological polar surface area (TPSA) is 35.2 Å². The molecule has 2 aromatic rings. The molecule has 0 aliphatic carbocycles. The fourth-order valence-electron chi connectivity index (χ4n) is 1.67. The smallest absolute Gasteiger partial charge is 0.138 e. The summed E-state index contributed by atoms with van der Waals surface area (Å²) < 4.78 is 32.0. The van der Waals surface area contributed by atoms with E-state index in [1.807, 2.05) is 0 Å². The van der Waals surface area contributed by atoms with E-state index in [9.17, 15) is 8.78 Å². The zero-order valence-corrected chi connectivity index (χ0v) is 11.8. The van der Waals surface area contributed by atoms with Gasteiger partial charge in [-0.15, -0.1) is 0 Å². The Bertz CT molecular complexity index is 707. The molecule has 0 atom stereocenters. The molecule has 0 aromatic heterocycles. The van der Waals surface area contributed by atoms with E-state index in [0.717, 1.165) is 0 Å². The van der Waals surface area contributed by atoms with E-state index in [4.69, 9.17) is 22.1 Å². The standard InChI is InChI=1S/C16H12ClF2NO/c17-15-6-5-13(18)8-12(15)10-21-16-9-14(19)4-3-11(16)2-1-7-20/h3-6,8-9H,7,10,20H2. The van der Waals surface area contributed by atoms with E-state index in [2.05, 4.69) is 11.8 Å². The molecular weight excluding hydrogens is 296 g/mol. The van der Waals surface area contributed by atoms with Crippen LogP contribution in [0, 0.1) is 23.5 Å². The number of ether oxygens (including phenoxy) is 1. The van der Waals surface area contributed by atoms with Crippen molar-refractivity contribution in [3.05, 3.63) is 64.2 Å². The molecule has 0 bridgehead atoms. The van der Waals surface area contributed by atoms with Gasteiger partial charge in [-0.2, -0.15) is 0 Å². The lowest BCUT2D eigenvalue weighted by Crippen LogP contribution is -2.00. The Morgan fingerprint density at radius 3 is 2.57 bits per heavy atom. The van der Waals surface area contributed by atoms with Crippen molar-refractivity contribution < 1.29 is 13.5 Å². The molecule has 0 saturated carbocycles. The maximum atomic E-state index is 13.3. The summed E-state index contributed by atoms with van der Waals surface area (Å²) in [5.41, 5.74) is 6.29. The lowest BCUT2D eigenvalue weighted by Gasteiger charge is -2.10. The highest BCUT2D eigenvalue weighted by atomic mass is 35.5. The predicted octanol–water partition coefficient (Wildman–Crippen LogP) is 3.51. The van der Waals surface area contributed by atoms with Crippen LogP contribution in [0.5, 0.6) is 5.75 Å². The van der Waals surface area contributed by atoms with Gasteiger partial charge in [-0.05, 0) is 30.3 Å². The Labute approximate surface area is 126 Å². The summed E-state index contributed by atoms with van der Waals surface area (Å²) in [6.45, 7) is 0.198. The van der Waals surface area contributed by atoms with Gasteiger partial charge in [-0.1, -0.05) is 23.4 Å². The molecule has 0 heterocycles. The molecule has 0 saturated heterocycles. The molecule has 2 nitrogen and oxygen atoms in total. The number of hydrogen-bond donors (Lipinski definition) is 1. The van der Waals surface area contributed by atoms with E-state index >= 15 is 0 Å². The number of nitrogens with two attached hydrogens (primary N) is 1. The Morgan fingerprint density at radius 1 is 1.10 bits per heavy atom. The largest absolute Gasteiger partial charge is 0.487 e. The molecule has 2 aromatic carbocycles. The van der Waals surface area contributed by atoms with Crippen LogP contribution in [0.3, 0.4) is 0 Å². The summed E-state index contributed by atoms with van der Waals surface area (Å²) in [6.07, 6.45) is 0. The zero-order chi connectivity index (χ0) is 15.2. The summed E-state index contributed by atoms with van der Waals surface area (Å²) in [5, 5.41) is 0.377. The van der Waals surface area contributed by atoms with Gasteiger partial charge in [0.15, 0.2) is 0 Å². The molecule has 0 spiro atoms. The van der Waals surface area contributed by atoms with Crippen LogP contribution in [0.2, 0.25) is 5.02 Å². The minimum absolute atomic E-state index is 0.0113. The van der Waals surface area contributed by atoms with Crippen molar-refractivity contribution in [2.75, 3.05) is 6.54 Å². The number of hydrogen-bond acceptors (Lipinski definition) is 2. The van der Waals surface area contributed by atoms with Crippen LogP contribution < -0.4 is 10.5 Å². The first-order valence-electron chi connectivity index (χ1n) is 6.15. The Balaban J connectivity index is 2.23. The average molecular weight is 308 g/mol. The third-order valence-electron chi connectivity index (χ3n) is 2.66. The predicted molar refractivity (Wildman–Crippen MR) is 78.1 cm³/mol. The minimum Gasteiger partial charge on any atom is -0.487 e. The van der Waals surface area contributed by atoms with Crippen LogP contribution in [-0.2, 0) is 6.61 Å². The summed E-state index contributed by atoms with van der Waals surface area (Å²) in [6, 6.07) is 7.96. The van der Waals surface area contributed by atoms with Gasteiger partial charge in [0.2, 0.25) is 0 Å². The summed E-state index contributed by atoms with van der Waals surface area (Å²) >= 11 is 5.95. The minimum atomic E-state index is -0.450. The van der Waals surface area contributed by atoms with Gasteiger partial charge in [0, 0.05) is 16.7 Å². The second kappa shape index (κ2) is 7.07.